The van der Waals surface area contributed by atoms with Crippen molar-refractivity contribution in [1.29, 1.82) is 0 Å². The molecule has 3 heterocycles. The number of carbonyl (C=O) groups is 1. The van der Waals surface area contributed by atoms with Crippen LogP contribution in [0.5, 0.6) is 0 Å². The van der Waals surface area contributed by atoms with Gasteiger partial charge in [0.1, 0.15) is 0 Å². The van der Waals surface area contributed by atoms with Crippen LogP contribution in [0.1, 0.15) is 35.2 Å². The first-order valence-corrected chi connectivity index (χ1v) is 10.4. The molecule has 4 rings (SSSR count). The van der Waals surface area contributed by atoms with Crippen molar-refractivity contribution < 1.29 is 13.2 Å². The predicted octanol–water partition coefficient (Wildman–Crippen LogP) is 2.42. The van der Waals surface area contributed by atoms with Crippen molar-refractivity contribution >= 4 is 28.3 Å². The molecule has 1 aromatic carbocycles. The molecule has 0 radical (unpaired) electrons. The van der Waals surface area contributed by atoms with Crippen molar-refractivity contribution in [2.24, 2.45) is 0 Å². The highest BCUT2D eigenvalue weighted by Crippen LogP contribution is 2.30. The van der Waals surface area contributed by atoms with Gasteiger partial charge in [-0.2, -0.15) is 0 Å². The van der Waals surface area contributed by atoms with Gasteiger partial charge in [0.15, 0.2) is 0 Å². The summed E-state index contributed by atoms with van der Waals surface area (Å²) < 4.78 is 26.7. The Morgan fingerprint density at radius 2 is 1.78 bits per heavy atom. The number of aromatic nitrogens is 1. The number of amides is 1. The van der Waals surface area contributed by atoms with Gasteiger partial charge in [-0.3, -0.25) is 4.79 Å². The molecule has 2 unspecified atom stereocenters. The quantitative estimate of drug-likeness (QED) is 0.845. The van der Waals surface area contributed by atoms with Crippen LogP contribution in [0.25, 0.3) is 0 Å². The molecule has 146 valence electrons. The summed E-state index contributed by atoms with van der Waals surface area (Å²) in [6, 6.07) is 8.77. The van der Waals surface area contributed by atoms with E-state index in [9.17, 15) is 13.2 Å². The summed E-state index contributed by atoms with van der Waals surface area (Å²) in [5.41, 5.74) is 1.43. The van der Waals surface area contributed by atoms with Crippen LogP contribution in [0, 0.1) is 6.92 Å². The summed E-state index contributed by atoms with van der Waals surface area (Å²) in [4.78, 5) is 15.2. The molecule has 1 amide bonds. The van der Waals surface area contributed by atoms with Gasteiger partial charge in [0.05, 0.1) is 10.5 Å². The van der Waals surface area contributed by atoms with E-state index in [1.54, 1.807) is 30.3 Å². The lowest BCUT2D eigenvalue weighted by Gasteiger charge is -2.27. The Kier molecular flexibility index (Phi) is 5.65. The average molecular weight is 410 g/mol. The normalized spacial score (nSPS) is 22.2. The molecule has 0 saturated carbocycles. The summed E-state index contributed by atoms with van der Waals surface area (Å²) >= 11 is 0. The van der Waals surface area contributed by atoms with Gasteiger partial charge in [-0.15, -0.1) is 12.4 Å². The third kappa shape index (κ3) is 3.63. The van der Waals surface area contributed by atoms with Crippen LogP contribution in [0.3, 0.4) is 0 Å². The van der Waals surface area contributed by atoms with Crippen molar-refractivity contribution in [3.05, 3.63) is 53.9 Å². The predicted molar refractivity (Wildman–Crippen MR) is 106 cm³/mol. The van der Waals surface area contributed by atoms with E-state index < -0.39 is 10.0 Å². The summed E-state index contributed by atoms with van der Waals surface area (Å²) in [5, 5.41) is 3.38. The fourth-order valence-electron chi connectivity index (χ4n) is 3.95. The number of benzene rings is 1. The third-order valence-corrected chi connectivity index (χ3v) is 7.05. The van der Waals surface area contributed by atoms with Crippen LogP contribution < -0.4 is 5.32 Å². The zero-order valence-corrected chi connectivity index (χ0v) is 16.8. The van der Waals surface area contributed by atoms with E-state index in [-0.39, 0.29) is 35.3 Å². The first-order valence-electron chi connectivity index (χ1n) is 9.00. The van der Waals surface area contributed by atoms with Crippen LogP contribution in [0.2, 0.25) is 0 Å². The Balaban J connectivity index is 0.00000210. The largest absolute Gasteiger partial charge is 0.331 e. The number of halogens is 1. The number of carbonyl (C=O) groups excluding carboxylic acids is 1. The first-order chi connectivity index (χ1) is 12.5. The van der Waals surface area contributed by atoms with Gasteiger partial charge in [-0.05, 0) is 50.9 Å². The zero-order valence-electron chi connectivity index (χ0n) is 15.2. The molecule has 6 nitrogen and oxygen atoms in total. The Hall–Kier alpha value is -1.83. The highest BCUT2D eigenvalue weighted by molar-refractivity contribution is 7.90. The van der Waals surface area contributed by atoms with E-state index in [4.69, 9.17) is 0 Å². The molecule has 2 aliphatic heterocycles. The van der Waals surface area contributed by atoms with E-state index in [2.05, 4.69) is 5.32 Å². The van der Waals surface area contributed by atoms with E-state index in [0.717, 1.165) is 41.9 Å². The molecular formula is C19H24ClN3O3S. The lowest BCUT2D eigenvalue weighted by Crippen LogP contribution is -2.42. The zero-order chi connectivity index (χ0) is 18.3. The third-order valence-electron chi connectivity index (χ3n) is 5.40. The highest BCUT2D eigenvalue weighted by atomic mass is 35.5. The van der Waals surface area contributed by atoms with Crippen LogP contribution >= 0.6 is 12.4 Å². The van der Waals surface area contributed by atoms with Crippen LogP contribution in [-0.2, 0) is 10.0 Å². The maximum absolute atomic E-state index is 13.0. The van der Waals surface area contributed by atoms with Crippen molar-refractivity contribution in [1.82, 2.24) is 14.2 Å². The molecule has 0 aliphatic carbocycles. The number of hydrogen-bond acceptors (Lipinski definition) is 4. The molecule has 2 aromatic rings. The summed E-state index contributed by atoms with van der Waals surface area (Å²) in [6.07, 6.45) is 5.88. The van der Waals surface area contributed by atoms with Crippen molar-refractivity contribution in [2.75, 3.05) is 13.1 Å². The average Bonchev–Trinajstić information content (AvgIpc) is 3.19. The fourth-order valence-corrected chi connectivity index (χ4v) is 5.14. The Bertz CT molecular complexity index is 910. The number of aryl methyl sites for hydroxylation is 1. The van der Waals surface area contributed by atoms with Gasteiger partial charge < -0.3 is 10.2 Å². The molecule has 1 aromatic heterocycles. The molecule has 2 fully saturated rings. The SMILES string of the molecule is Cc1ccc(S(=O)(=O)n2ccc(C(=O)N3C4CCNCC3CC4)c2)cc1.Cl. The summed E-state index contributed by atoms with van der Waals surface area (Å²) in [5.74, 6) is -0.0703. The van der Waals surface area contributed by atoms with Crippen LogP contribution in [0.4, 0.5) is 0 Å². The molecule has 2 aliphatic rings. The molecule has 2 atom stereocenters. The van der Waals surface area contributed by atoms with E-state index in [1.165, 1.54) is 12.4 Å². The molecule has 1 N–H and O–H groups in total. The minimum Gasteiger partial charge on any atom is -0.331 e. The van der Waals surface area contributed by atoms with Gasteiger partial charge in [-0.25, -0.2) is 12.4 Å². The van der Waals surface area contributed by atoms with E-state index in [0.29, 0.717) is 5.56 Å². The van der Waals surface area contributed by atoms with Crippen molar-refractivity contribution in [2.45, 2.75) is 43.2 Å². The number of fused-ring (bicyclic) bond motifs is 2. The second-order valence-electron chi connectivity index (χ2n) is 7.14. The molecule has 2 saturated heterocycles. The van der Waals surface area contributed by atoms with Crippen LogP contribution in [-0.4, -0.2) is 48.4 Å². The van der Waals surface area contributed by atoms with E-state index in [1.807, 2.05) is 11.8 Å². The summed E-state index contributed by atoms with van der Waals surface area (Å²) in [6.45, 7) is 3.64. The van der Waals surface area contributed by atoms with Gasteiger partial charge in [-0.1, -0.05) is 17.7 Å². The van der Waals surface area contributed by atoms with Gasteiger partial charge in [0, 0.05) is 31.0 Å². The Morgan fingerprint density at radius 3 is 2.52 bits per heavy atom. The van der Waals surface area contributed by atoms with Gasteiger partial charge >= 0.3 is 0 Å². The van der Waals surface area contributed by atoms with Crippen molar-refractivity contribution in [3.63, 3.8) is 0 Å². The fraction of sp³-hybridized carbons (Fsp3) is 0.421. The number of rotatable bonds is 3. The molecule has 8 heteroatoms. The van der Waals surface area contributed by atoms with Gasteiger partial charge in [0.2, 0.25) is 0 Å². The van der Waals surface area contributed by atoms with Crippen molar-refractivity contribution in [3.8, 4) is 0 Å². The number of nitrogens with one attached hydrogen (secondary N) is 1. The lowest BCUT2D eigenvalue weighted by molar-refractivity contribution is 0.0680. The highest BCUT2D eigenvalue weighted by Gasteiger charge is 2.38. The topological polar surface area (TPSA) is 71.4 Å². The Morgan fingerprint density at radius 1 is 1.07 bits per heavy atom. The standard InChI is InChI=1S/C19H23N3O3S.ClH/c1-14-2-6-18(7-3-14)26(24,25)21-11-9-15(13-21)19(23)22-16-4-5-17(22)12-20-10-8-16;/h2-3,6-7,9,11,13,16-17,20H,4-5,8,10,12H2,1H3;1H. The number of hydrogen-bond donors (Lipinski definition) is 1. The minimum absolute atomic E-state index is 0. The second-order valence-corrected chi connectivity index (χ2v) is 8.98. The second kappa shape index (κ2) is 7.66. The first kappa shape index (κ1) is 19.9. The summed E-state index contributed by atoms with van der Waals surface area (Å²) in [7, 11) is -3.68. The Labute approximate surface area is 166 Å². The molecular weight excluding hydrogens is 386 g/mol. The van der Waals surface area contributed by atoms with E-state index >= 15 is 0 Å². The smallest absolute Gasteiger partial charge is 0.267 e. The molecule has 27 heavy (non-hydrogen) atoms. The lowest BCUT2D eigenvalue weighted by atomic mass is 10.1. The monoisotopic (exact) mass is 409 g/mol. The maximum Gasteiger partial charge on any atom is 0.267 e. The molecule has 2 bridgehead atoms. The minimum atomic E-state index is -3.68. The van der Waals surface area contributed by atoms with Crippen LogP contribution in [0.15, 0.2) is 47.6 Å². The van der Waals surface area contributed by atoms with Gasteiger partial charge in [0.25, 0.3) is 15.9 Å². The number of nitrogens with zero attached hydrogens (tertiary/aromatic N) is 2. The molecule has 0 spiro atoms. The maximum atomic E-state index is 13.0.